The van der Waals surface area contributed by atoms with Gasteiger partial charge in [-0.1, -0.05) is 270 Å². The van der Waals surface area contributed by atoms with E-state index in [1.54, 1.807) is 0 Å². The van der Waals surface area contributed by atoms with Crippen LogP contribution in [-0.4, -0.2) is 40.1 Å². The van der Waals surface area contributed by atoms with Crippen LogP contribution < -0.4 is 9.97 Å². The molecule has 1 radical (unpaired) electrons. The number of aromatic nitrogens is 10. The van der Waals surface area contributed by atoms with E-state index < -0.39 is 0 Å². The van der Waals surface area contributed by atoms with Crippen LogP contribution in [0.2, 0.25) is 0 Å². The molecule has 0 atom stereocenters. The van der Waals surface area contributed by atoms with Gasteiger partial charge < -0.3 is 15.0 Å². The average molecular weight is 1170 g/mol. The van der Waals surface area contributed by atoms with E-state index in [4.69, 9.17) is 39.9 Å². The van der Waals surface area contributed by atoms with Gasteiger partial charge in [0.1, 0.15) is 23.2 Å². The number of rotatable bonds is 6. The number of hydrogen-bond acceptors (Lipinski definition) is 8. The Balaban J connectivity index is 0.00000803. The van der Waals surface area contributed by atoms with Crippen molar-refractivity contribution < 1.29 is 16.8 Å². The van der Waals surface area contributed by atoms with Crippen molar-refractivity contribution in [1.82, 2.24) is 50.1 Å². The fraction of sp³-hybridized carbons (Fsp3) is 0.324. The Kier molecular flexibility index (Phi) is 15.4. The Bertz CT molecular complexity index is 3940. The van der Waals surface area contributed by atoms with E-state index >= 15 is 0 Å². The van der Waals surface area contributed by atoms with Crippen molar-refractivity contribution in [3.8, 4) is 22.3 Å². The third kappa shape index (κ3) is 12.2. The number of fused-ring (bicyclic) bond motifs is 8. The molecular weight excluding hydrogens is 1090 g/mol. The molecule has 3 aromatic heterocycles. The number of hydrogen-bond donors (Lipinski definition) is 0. The van der Waals surface area contributed by atoms with Gasteiger partial charge >= 0.3 is 16.8 Å². The maximum absolute atomic E-state index is 5.72. The molecule has 2 aliphatic heterocycles. The van der Waals surface area contributed by atoms with Crippen molar-refractivity contribution in [2.45, 2.75) is 157 Å². The maximum Gasteiger partial charge on any atom is 2.00 e. The van der Waals surface area contributed by atoms with Crippen molar-refractivity contribution in [3.63, 3.8) is 0 Å². The molecule has 8 bridgehead atoms. The molecule has 0 saturated heterocycles. The molecule has 0 amide bonds. The maximum atomic E-state index is 5.72. The van der Waals surface area contributed by atoms with Crippen molar-refractivity contribution in [2.24, 2.45) is 0 Å². The van der Waals surface area contributed by atoms with Gasteiger partial charge in [0.2, 0.25) is 0 Å². The van der Waals surface area contributed by atoms with Gasteiger partial charge in [0.15, 0.2) is 0 Å². The van der Waals surface area contributed by atoms with Gasteiger partial charge in [-0.2, -0.15) is 0 Å². The third-order valence-corrected chi connectivity index (χ3v) is 16.2. The van der Waals surface area contributed by atoms with Gasteiger partial charge in [0.05, 0.1) is 11.6 Å². The van der Waals surface area contributed by atoms with Gasteiger partial charge in [-0.15, -0.1) is 0 Å². The summed E-state index contributed by atoms with van der Waals surface area (Å²) in [4.78, 5) is 43.3. The minimum absolute atomic E-state index is 0. The van der Waals surface area contributed by atoms with Crippen LogP contribution in [0.1, 0.15) is 204 Å². The molecule has 11 heteroatoms. The fourth-order valence-electron chi connectivity index (χ4n) is 11.0. The predicted octanol–water partition coefficient (Wildman–Crippen LogP) is 17.1. The van der Waals surface area contributed by atoms with Crippen LogP contribution in [0.5, 0.6) is 0 Å². The molecule has 0 fully saturated rings. The van der Waals surface area contributed by atoms with E-state index in [2.05, 4.69) is 280 Å². The molecule has 433 valence electrons. The van der Waals surface area contributed by atoms with Gasteiger partial charge in [-0.3, -0.25) is 15.0 Å². The summed E-state index contributed by atoms with van der Waals surface area (Å²) >= 11 is 0. The first kappa shape index (κ1) is 60.1. The molecule has 5 heterocycles. The average Bonchev–Trinajstić information content (AvgIpc) is 1.81. The van der Waals surface area contributed by atoms with Crippen LogP contribution in [0.3, 0.4) is 0 Å². The zero-order valence-electron chi connectivity index (χ0n) is 52.7. The molecule has 0 spiro atoms. The Morgan fingerprint density at radius 2 is 0.435 bits per heavy atom. The molecule has 85 heavy (non-hydrogen) atoms. The summed E-state index contributed by atoms with van der Waals surface area (Å²) in [5, 5.41) is 9.16. The zero-order valence-corrected chi connectivity index (χ0v) is 53.7. The molecular formula is C74H78CoN10. The summed E-state index contributed by atoms with van der Waals surface area (Å²) in [6.45, 7) is 40.2. The molecule has 0 saturated carbocycles. The largest absolute Gasteiger partial charge is 2.00 e. The van der Waals surface area contributed by atoms with Crippen LogP contribution in [0.4, 0.5) is 0 Å². The monoisotopic (exact) mass is 1170 g/mol. The summed E-state index contributed by atoms with van der Waals surface area (Å²) in [6, 6.07) is 52.5. The second-order valence-electron chi connectivity index (χ2n) is 28.9. The van der Waals surface area contributed by atoms with E-state index in [1.165, 1.54) is 33.4 Å². The first-order chi connectivity index (χ1) is 39.4. The first-order valence-electron chi connectivity index (χ1n) is 29.4. The van der Waals surface area contributed by atoms with Crippen LogP contribution in [0.25, 0.3) is 67.4 Å². The number of benzene rings is 6. The molecule has 9 aromatic rings. The molecule has 0 unspecified atom stereocenters. The minimum Gasteiger partial charge on any atom is -0.357 e. The van der Waals surface area contributed by atoms with Gasteiger partial charge in [0, 0.05) is 44.7 Å². The summed E-state index contributed by atoms with van der Waals surface area (Å²) in [7, 11) is 0. The van der Waals surface area contributed by atoms with Crippen molar-refractivity contribution in [1.29, 1.82) is 0 Å². The van der Waals surface area contributed by atoms with Crippen LogP contribution in [-0.2, 0) is 49.3 Å². The van der Waals surface area contributed by atoms with Crippen molar-refractivity contribution >= 4 is 45.1 Å². The quantitative estimate of drug-likeness (QED) is 0.159. The molecule has 0 N–H and O–H groups in total. The van der Waals surface area contributed by atoms with Crippen LogP contribution in [0, 0.1) is 0 Å². The fourth-order valence-corrected chi connectivity index (χ4v) is 11.0. The molecule has 10 nitrogen and oxygen atoms in total. The van der Waals surface area contributed by atoms with E-state index in [0.29, 0.717) is 34.6 Å². The van der Waals surface area contributed by atoms with E-state index in [9.17, 15) is 0 Å². The Hall–Kier alpha value is -7.99. The van der Waals surface area contributed by atoms with Crippen molar-refractivity contribution in [3.05, 3.63) is 225 Å². The topological polar surface area (TPSA) is 131 Å². The summed E-state index contributed by atoms with van der Waals surface area (Å²) in [6.07, 6.45) is 0. The van der Waals surface area contributed by atoms with E-state index in [0.717, 1.165) is 66.8 Å². The smallest absolute Gasteiger partial charge is 0.357 e. The Labute approximate surface area is 513 Å². The van der Waals surface area contributed by atoms with E-state index in [1.807, 2.05) is 0 Å². The summed E-state index contributed by atoms with van der Waals surface area (Å²) in [5.74, 6) is 1.85. The standard InChI is InChI=1S/C74H78N10.Co/c1-69(2,3)49-31-19-43(20-32-49)55-56(44-21-33-50(34-22-44)70(4,5)6)62-75-61(55)76-63-57(45-23-35-51(36-24-45)71(7,8)9)59(47-27-39-53(40-28-47)73(13,14)15)65(78-63)80-67-82-68(84-83-67)81-66-60(48-29-41-54(42-30-48)74(16,17)18)58(64(77-62)79-66)46-25-37-52(38-26-46)72(10,11)12;/h19-42H,1-18H3;/q-2;+2. The van der Waals surface area contributed by atoms with Gasteiger partial charge in [0.25, 0.3) is 0 Å². The van der Waals surface area contributed by atoms with Crippen LogP contribution in [0.15, 0.2) is 146 Å². The Morgan fingerprint density at radius 3 is 0.647 bits per heavy atom. The normalized spacial score (nSPS) is 13.6. The molecule has 11 rings (SSSR count). The Morgan fingerprint density at radius 1 is 0.235 bits per heavy atom. The zero-order chi connectivity index (χ0) is 60.1. The van der Waals surface area contributed by atoms with Crippen molar-refractivity contribution in [2.75, 3.05) is 0 Å². The molecule has 6 aromatic carbocycles. The first-order valence-corrected chi connectivity index (χ1v) is 29.4. The van der Waals surface area contributed by atoms with Gasteiger partial charge in [-0.05, 0) is 99.3 Å². The van der Waals surface area contributed by atoms with Crippen LogP contribution >= 0.6 is 0 Å². The SMILES string of the molecule is CC(C)(C)c1ccc(C2=C(c3ccc(C(C)(C)C)cc3)c3nc2nc2nnc(nc4nc(nc5[n-]c(n3)c(-c3ccc(C(C)(C)C)cc3)c5-c3ccc(C(C)(C)C)cc3)C(c3ccc(C(C)(C)C)cc3)=C4c3ccc(C(C)(C)C)cc3)[n-]2)cc1.[Co+2]. The summed E-state index contributed by atoms with van der Waals surface area (Å²) in [5.41, 5.74) is 17.9. The molecule has 0 aliphatic carbocycles. The second kappa shape index (κ2) is 21.8. The second-order valence-corrected chi connectivity index (χ2v) is 28.9. The number of nitrogens with zero attached hydrogens (tertiary/aromatic N) is 10. The van der Waals surface area contributed by atoms with Gasteiger partial charge in [-0.25, -0.2) is 20.2 Å². The van der Waals surface area contributed by atoms with E-state index in [-0.39, 0.29) is 60.8 Å². The minimum atomic E-state index is -0.0933. The predicted molar refractivity (Wildman–Crippen MR) is 345 cm³/mol. The molecule has 2 aliphatic rings. The third-order valence-electron chi connectivity index (χ3n) is 16.2. The summed E-state index contributed by atoms with van der Waals surface area (Å²) < 4.78 is 0.